The van der Waals surface area contributed by atoms with Crippen LogP contribution in [-0.2, 0) is 6.42 Å². The van der Waals surface area contributed by atoms with E-state index in [0.717, 1.165) is 22.7 Å². The van der Waals surface area contributed by atoms with Crippen molar-refractivity contribution in [2.24, 2.45) is 0 Å². The van der Waals surface area contributed by atoms with Crippen LogP contribution in [0.3, 0.4) is 0 Å². The molecule has 0 radical (unpaired) electrons. The second-order valence-electron chi connectivity index (χ2n) is 4.85. The Morgan fingerprint density at radius 3 is 2.05 bits per heavy atom. The summed E-state index contributed by atoms with van der Waals surface area (Å²) in [4.78, 5) is 0. The lowest BCUT2D eigenvalue weighted by Gasteiger charge is -2.11. The van der Waals surface area contributed by atoms with Crippen molar-refractivity contribution in [2.75, 3.05) is 5.32 Å². The van der Waals surface area contributed by atoms with Gasteiger partial charge in [-0.1, -0.05) is 12.1 Å². The van der Waals surface area contributed by atoms with E-state index in [-0.39, 0.29) is 6.10 Å². The molecule has 1 N–H and O–H groups in total. The van der Waals surface area contributed by atoms with Gasteiger partial charge in [0.15, 0.2) is 0 Å². The lowest BCUT2D eigenvalue weighted by Crippen LogP contribution is -2.05. The smallest absolute Gasteiger partial charge is 0.119 e. The van der Waals surface area contributed by atoms with E-state index < -0.39 is 0 Å². The highest BCUT2D eigenvalue weighted by Crippen LogP contribution is 2.21. The molecule has 20 heavy (non-hydrogen) atoms. The Labute approximate surface area is 119 Å². The van der Waals surface area contributed by atoms with E-state index in [2.05, 4.69) is 11.4 Å². The summed E-state index contributed by atoms with van der Waals surface area (Å²) in [5, 5.41) is 12.0. The molecular weight excluding hydrogens is 248 g/mol. The van der Waals surface area contributed by atoms with E-state index in [0.29, 0.717) is 6.42 Å². The maximum atomic E-state index is 8.64. The SMILES string of the molecule is CC(C)Oc1ccc(Nc2ccc(CC#N)cc2)cc1. The van der Waals surface area contributed by atoms with Crippen molar-refractivity contribution in [2.45, 2.75) is 26.4 Å². The van der Waals surface area contributed by atoms with Gasteiger partial charge in [0.2, 0.25) is 0 Å². The van der Waals surface area contributed by atoms with Crippen LogP contribution in [0.5, 0.6) is 5.75 Å². The monoisotopic (exact) mass is 266 g/mol. The lowest BCUT2D eigenvalue weighted by atomic mass is 10.1. The van der Waals surface area contributed by atoms with Gasteiger partial charge in [-0.05, 0) is 55.8 Å². The van der Waals surface area contributed by atoms with Crippen LogP contribution in [0.2, 0.25) is 0 Å². The Hall–Kier alpha value is -2.47. The molecule has 0 aliphatic heterocycles. The maximum Gasteiger partial charge on any atom is 0.119 e. The van der Waals surface area contributed by atoms with Crippen LogP contribution in [0, 0.1) is 11.3 Å². The van der Waals surface area contributed by atoms with Gasteiger partial charge in [-0.3, -0.25) is 0 Å². The summed E-state index contributed by atoms with van der Waals surface area (Å²) in [6.45, 7) is 4.02. The molecule has 0 unspecified atom stereocenters. The molecule has 3 heteroatoms. The van der Waals surface area contributed by atoms with Crippen molar-refractivity contribution in [3.05, 3.63) is 54.1 Å². The van der Waals surface area contributed by atoms with Gasteiger partial charge < -0.3 is 10.1 Å². The standard InChI is InChI=1S/C17H18N2O/c1-13(2)20-17-9-7-16(8-10-17)19-15-5-3-14(4-6-15)11-12-18/h3-10,13,19H,11H2,1-2H3. The molecule has 0 heterocycles. The molecule has 0 bridgehead atoms. The molecule has 0 amide bonds. The van der Waals surface area contributed by atoms with Gasteiger partial charge >= 0.3 is 0 Å². The highest BCUT2D eigenvalue weighted by atomic mass is 16.5. The van der Waals surface area contributed by atoms with Crippen LogP contribution in [0.4, 0.5) is 11.4 Å². The summed E-state index contributed by atoms with van der Waals surface area (Å²) >= 11 is 0. The first-order valence-electron chi connectivity index (χ1n) is 6.67. The Kier molecular flexibility index (Phi) is 4.62. The quantitative estimate of drug-likeness (QED) is 0.878. The van der Waals surface area contributed by atoms with Crippen molar-refractivity contribution in [3.63, 3.8) is 0 Å². The second-order valence-corrected chi connectivity index (χ2v) is 4.85. The fourth-order valence-electron chi connectivity index (χ4n) is 1.85. The van der Waals surface area contributed by atoms with Crippen molar-refractivity contribution in [1.82, 2.24) is 0 Å². The maximum absolute atomic E-state index is 8.64. The van der Waals surface area contributed by atoms with Crippen molar-refractivity contribution in [3.8, 4) is 11.8 Å². The van der Waals surface area contributed by atoms with Gasteiger partial charge in [-0.15, -0.1) is 0 Å². The van der Waals surface area contributed by atoms with E-state index >= 15 is 0 Å². The highest BCUT2D eigenvalue weighted by molar-refractivity contribution is 5.60. The van der Waals surface area contributed by atoms with Gasteiger partial charge in [0, 0.05) is 11.4 Å². The number of rotatable bonds is 5. The number of hydrogen-bond acceptors (Lipinski definition) is 3. The number of nitrogens with zero attached hydrogens (tertiary/aromatic N) is 1. The van der Waals surface area contributed by atoms with Crippen LogP contribution >= 0.6 is 0 Å². The second kappa shape index (κ2) is 6.63. The van der Waals surface area contributed by atoms with Gasteiger partial charge in [0.1, 0.15) is 5.75 Å². The van der Waals surface area contributed by atoms with E-state index in [1.165, 1.54) is 0 Å². The van der Waals surface area contributed by atoms with Crippen LogP contribution in [0.1, 0.15) is 19.4 Å². The molecule has 3 nitrogen and oxygen atoms in total. The molecular formula is C17H18N2O. The summed E-state index contributed by atoms with van der Waals surface area (Å²) in [6, 6.07) is 17.9. The molecule has 2 aromatic carbocycles. The van der Waals surface area contributed by atoms with Gasteiger partial charge in [-0.25, -0.2) is 0 Å². The summed E-state index contributed by atoms with van der Waals surface area (Å²) in [7, 11) is 0. The Morgan fingerprint density at radius 2 is 1.55 bits per heavy atom. The van der Waals surface area contributed by atoms with Crippen LogP contribution in [0.25, 0.3) is 0 Å². The highest BCUT2D eigenvalue weighted by Gasteiger charge is 1.99. The van der Waals surface area contributed by atoms with Crippen molar-refractivity contribution in [1.29, 1.82) is 5.26 Å². The summed E-state index contributed by atoms with van der Waals surface area (Å²) in [6.07, 6.45) is 0.628. The van der Waals surface area contributed by atoms with Crippen LogP contribution in [-0.4, -0.2) is 6.10 Å². The van der Waals surface area contributed by atoms with Crippen molar-refractivity contribution < 1.29 is 4.74 Å². The van der Waals surface area contributed by atoms with Gasteiger partial charge in [0.25, 0.3) is 0 Å². The molecule has 0 saturated heterocycles. The largest absolute Gasteiger partial charge is 0.491 e. The third-order valence-corrected chi connectivity index (χ3v) is 2.75. The topological polar surface area (TPSA) is 45.0 Å². The number of benzene rings is 2. The van der Waals surface area contributed by atoms with Crippen molar-refractivity contribution >= 4 is 11.4 Å². The zero-order valence-electron chi connectivity index (χ0n) is 11.8. The average molecular weight is 266 g/mol. The number of anilines is 2. The van der Waals surface area contributed by atoms with Gasteiger partial charge in [0.05, 0.1) is 18.6 Å². The fourth-order valence-corrected chi connectivity index (χ4v) is 1.85. The normalized spacial score (nSPS) is 10.1. The molecule has 0 atom stereocenters. The molecule has 0 aromatic heterocycles. The minimum absolute atomic E-state index is 0.182. The number of ether oxygens (including phenoxy) is 1. The molecule has 2 rings (SSSR count). The number of hydrogen-bond donors (Lipinski definition) is 1. The minimum atomic E-state index is 0.182. The first-order chi connectivity index (χ1) is 9.67. The van der Waals surface area contributed by atoms with E-state index in [4.69, 9.17) is 10.00 Å². The van der Waals surface area contributed by atoms with E-state index in [9.17, 15) is 0 Å². The van der Waals surface area contributed by atoms with E-state index in [1.54, 1.807) is 0 Å². The predicted octanol–water partition coefficient (Wildman–Crippen LogP) is 4.28. The number of nitrogens with one attached hydrogen (secondary N) is 1. The van der Waals surface area contributed by atoms with Crippen LogP contribution < -0.4 is 10.1 Å². The molecule has 2 aromatic rings. The molecule has 0 fully saturated rings. The van der Waals surface area contributed by atoms with Gasteiger partial charge in [-0.2, -0.15) is 5.26 Å². The predicted molar refractivity (Wildman–Crippen MR) is 81.2 cm³/mol. The molecule has 0 spiro atoms. The Bertz CT molecular complexity index is 580. The fraction of sp³-hybridized carbons (Fsp3) is 0.235. The number of nitriles is 1. The lowest BCUT2D eigenvalue weighted by molar-refractivity contribution is 0.242. The first-order valence-corrected chi connectivity index (χ1v) is 6.67. The Balaban J connectivity index is 2.01. The molecule has 0 aliphatic rings. The summed E-state index contributed by atoms with van der Waals surface area (Å²) in [5.41, 5.74) is 3.04. The summed E-state index contributed by atoms with van der Waals surface area (Å²) < 4.78 is 5.60. The molecule has 102 valence electrons. The van der Waals surface area contributed by atoms with Crippen LogP contribution in [0.15, 0.2) is 48.5 Å². The third kappa shape index (κ3) is 4.03. The minimum Gasteiger partial charge on any atom is -0.491 e. The average Bonchev–Trinajstić information content (AvgIpc) is 2.43. The van der Waals surface area contributed by atoms with E-state index in [1.807, 2.05) is 62.4 Å². The zero-order valence-corrected chi connectivity index (χ0v) is 11.8. The molecule has 0 saturated carbocycles. The summed E-state index contributed by atoms with van der Waals surface area (Å²) in [5.74, 6) is 0.870. The third-order valence-electron chi connectivity index (χ3n) is 2.75. The zero-order chi connectivity index (χ0) is 14.4. The Morgan fingerprint density at radius 1 is 1.00 bits per heavy atom. The molecule has 0 aliphatic carbocycles. The first kappa shape index (κ1) is 14.0.